The number of rotatable bonds is 5. The third-order valence-electron chi connectivity index (χ3n) is 3.50. The zero-order valence-corrected chi connectivity index (χ0v) is 10.5. The van der Waals surface area contributed by atoms with Crippen LogP contribution in [0.25, 0.3) is 0 Å². The highest BCUT2D eigenvalue weighted by Gasteiger charge is 2.49. The zero-order chi connectivity index (χ0) is 12.3. The summed E-state index contributed by atoms with van der Waals surface area (Å²) >= 11 is 0. The average molecular weight is 232 g/mol. The van der Waals surface area contributed by atoms with Crippen LogP contribution in [-0.2, 0) is 4.79 Å². The molecular formula is C14H20N2O. The molecule has 0 radical (unpaired) electrons. The van der Waals surface area contributed by atoms with Crippen LogP contribution in [0.15, 0.2) is 30.3 Å². The van der Waals surface area contributed by atoms with E-state index in [0.29, 0.717) is 0 Å². The highest BCUT2D eigenvalue weighted by molar-refractivity contribution is 5.85. The number of hydrogen-bond donors (Lipinski definition) is 2. The summed E-state index contributed by atoms with van der Waals surface area (Å²) in [7, 11) is 1.90. The first-order chi connectivity index (χ1) is 8.18. The van der Waals surface area contributed by atoms with Gasteiger partial charge in [0.1, 0.15) is 0 Å². The van der Waals surface area contributed by atoms with E-state index >= 15 is 0 Å². The second-order valence-corrected chi connectivity index (χ2v) is 4.92. The molecular weight excluding hydrogens is 212 g/mol. The standard InChI is InChI=1S/C14H20N2O/c1-11(12-6-4-3-5-7-12)16-13(17)14(8-9-14)10-15-2/h3-7,11,15H,8-10H2,1-2H3,(H,16,17). The average Bonchev–Trinajstić information content (AvgIpc) is 3.12. The molecule has 0 spiro atoms. The molecule has 3 nitrogen and oxygen atoms in total. The maximum absolute atomic E-state index is 12.1. The Bertz CT molecular complexity index is 384. The summed E-state index contributed by atoms with van der Waals surface area (Å²) in [5, 5.41) is 6.21. The summed E-state index contributed by atoms with van der Waals surface area (Å²) in [5.41, 5.74) is 1.01. The van der Waals surface area contributed by atoms with Gasteiger partial charge in [0.25, 0.3) is 0 Å². The third-order valence-corrected chi connectivity index (χ3v) is 3.50. The van der Waals surface area contributed by atoms with Gasteiger partial charge in [0.15, 0.2) is 0 Å². The number of carbonyl (C=O) groups is 1. The van der Waals surface area contributed by atoms with Gasteiger partial charge in [-0.15, -0.1) is 0 Å². The molecule has 2 N–H and O–H groups in total. The minimum absolute atomic E-state index is 0.0815. The predicted octanol–water partition coefficient (Wildman–Crippen LogP) is 1.86. The maximum Gasteiger partial charge on any atom is 0.227 e. The molecule has 1 aliphatic carbocycles. The van der Waals surface area contributed by atoms with Crippen molar-refractivity contribution < 1.29 is 4.79 Å². The molecule has 0 aliphatic heterocycles. The fourth-order valence-corrected chi connectivity index (χ4v) is 2.15. The molecule has 1 saturated carbocycles. The van der Waals surface area contributed by atoms with Gasteiger partial charge < -0.3 is 10.6 Å². The molecule has 1 fully saturated rings. The van der Waals surface area contributed by atoms with Crippen LogP contribution < -0.4 is 10.6 Å². The highest BCUT2D eigenvalue weighted by atomic mass is 16.2. The van der Waals surface area contributed by atoms with E-state index in [1.807, 2.05) is 44.3 Å². The summed E-state index contributed by atoms with van der Waals surface area (Å²) in [6.45, 7) is 2.81. The van der Waals surface area contributed by atoms with Crippen LogP contribution in [0.2, 0.25) is 0 Å². The maximum atomic E-state index is 12.1. The van der Waals surface area contributed by atoms with Gasteiger partial charge in [0, 0.05) is 6.54 Å². The minimum atomic E-state index is -0.141. The Morgan fingerprint density at radius 2 is 2.00 bits per heavy atom. The number of hydrogen-bond acceptors (Lipinski definition) is 2. The molecule has 0 aromatic heterocycles. The number of carbonyl (C=O) groups excluding carboxylic acids is 1. The lowest BCUT2D eigenvalue weighted by molar-refractivity contribution is -0.126. The molecule has 92 valence electrons. The monoisotopic (exact) mass is 232 g/mol. The SMILES string of the molecule is CNCC1(C(=O)NC(C)c2ccccc2)CC1. The molecule has 2 rings (SSSR count). The first kappa shape index (κ1) is 12.1. The second kappa shape index (κ2) is 4.88. The Kier molecular flexibility index (Phi) is 3.48. The van der Waals surface area contributed by atoms with E-state index in [1.165, 1.54) is 0 Å². The Morgan fingerprint density at radius 1 is 1.35 bits per heavy atom. The van der Waals surface area contributed by atoms with Crippen molar-refractivity contribution in [3.63, 3.8) is 0 Å². The lowest BCUT2D eigenvalue weighted by Crippen LogP contribution is -2.38. The van der Waals surface area contributed by atoms with Crippen LogP contribution in [0.4, 0.5) is 0 Å². The van der Waals surface area contributed by atoms with Gasteiger partial charge in [-0.3, -0.25) is 4.79 Å². The van der Waals surface area contributed by atoms with Crippen molar-refractivity contribution in [1.29, 1.82) is 0 Å². The number of nitrogens with one attached hydrogen (secondary N) is 2. The van der Waals surface area contributed by atoms with Crippen LogP contribution in [0.1, 0.15) is 31.4 Å². The summed E-state index contributed by atoms with van der Waals surface area (Å²) < 4.78 is 0. The van der Waals surface area contributed by atoms with Gasteiger partial charge >= 0.3 is 0 Å². The molecule has 0 bridgehead atoms. The van der Waals surface area contributed by atoms with E-state index in [4.69, 9.17) is 0 Å². The van der Waals surface area contributed by atoms with E-state index in [2.05, 4.69) is 10.6 Å². The molecule has 1 aromatic carbocycles. The van der Waals surface area contributed by atoms with Gasteiger partial charge in [0.2, 0.25) is 5.91 Å². The molecule has 1 unspecified atom stereocenters. The van der Waals surface area contributed by atoms with E-state index < -0.39 is 0 Å². The van der Waals surface area contributed by atoms with Crippen LogP contribution in [0, 0.1) is 5.41 Å². The van der Waals surface area contributed by atoms with Gasteiger partial charge in [-0.2, -0.15) is 0 Å². The fraction of sp³-hybridized carbons (Fsp3) is 0.500. The molecule has 1 atom stereocenters. The van der Waals surface area contributed by atoms with Crippen LogP contribution in [0.5, 0.6) is 0 Å². The van der Waals surface area contributed by atoms with Gasteiger partial charge in [0.05, 0.1) is 11.5 Å². The minimum Gasteiger partial charge on any atom is -0.349 e. The molecule has 0 saturated heterocycles. The zero-order valence-electron chi connectivity index (χ0n) is 10.5. The second-order valence-electron chi connectivity index (χ2n) is 4.92. The molecule has 1 aromatic rings. The Hall–Kier alpha value is -1.35. The van der Waals surface area contributed by atoms with E-state index in [9.17, 15) is 4.79 Å². The largest absolute Gasteiger partial charge is 0.349 e. The van der Waals surface area contributed by atoms with Crippen molar-refractivity contribution in [3.8, 4) is 0 Å². The van der Waals surface area contributed by atoms with Crippen molar-refractivity contribution in [2.45, 2.75) is 25.8 Å². The topological polar surface area (TPSA) is 41.1 Å². The molecule has 0 heterocycles. The quantitative estimate of drug-likeness (QED) is 0.813. The summed E-state index contributed by atoms with van der Waals surface area (Å²) in [5.74, 6) is 0.184. The van der Waals surface area contributed by atoms with Crippen LogP contribution in [-0.4, -0.2) is 19.5 Å². The van der Waals surface area contributed by atoms with Crippen LogP contribution in [0.3, 0.4) is 0 Å². The van der Waals surface area contributed by atoms with Crippen molar-refractivity contribution in [1.82, 2.24) is 10.6 Å². The molecule has 3 heteroatoms. The Labute approximate surface area is 103 Å². The van der Waals surface area contributed by atoms with Crippen molar-refractivity contribution >= 4 is 5.91 Å². The Balaban J connectivity index is 1.95. The van der Waals surface area contributed by atoms with Gasteiger partial charge in [-0.1, -0.05) is 30.3 Å². The third kappa shape index (κ3) is 2.67. The number of benzene rings is 1. The molecule has 1 aliphatic rings. The summed E-state index contributed by atoms with van der Waals surface area (Å²) in [6, 6.07) is 10.2. The number of amides is 1. The lowest BCUT2D eigenvalue weighted by Gasteiger charge is -2.19. The summed E-state index contributed by atoms with van der Waals surface area (Å²) in [6.07, 6.45) is 2.00. The van der Waals surface area contributed by atoms with Crippen molar-refractivity contribution in [2.75, 3.05) is 13.6 Å². The van der Waals surface area contributed by atoms with E-state index in [1.54, 1.807) is 0 Å². The normalized spacial score (nSPS) is 18.5. The molecule has 1 amide bonds. The van der Waals surface area contributed by atoms with Gasteiger partial charge in [-0.25, -0.2) is 0 Å². The van der Waals surface area contributed by atoms with Gasteiger partial charge in [-0.05, 0) is 32.4 Å². The Morgan fingerprint density at radius 3 is 2.53 bits per heavy atom. The fourth-order valence-electron chi connectivity index (χ4n) is 2.15. The molecule has 17 heavy (non-hydrogen) atoms. The predicted molar refractivity (Wildman–Crippen MR) is 68.6 cm³/mol. The van der Waals surface area contributed by atoms with Crippen molar-refractivity contribution in [2.24, 2.45) is 5.41 Å². The van der Waals surface area contributed by atoms with E-state index in [-0.39, 0.29) is 17.4 Å². The van der Waals surface area contributed by atoms with E-state index in [0.717, 1.165) is 24.9 Å². The lowest BCUT2D eigenvalue weighted by atomic mass is 10.0. The smallest absolute Gasteiger partial charge is 0.227 e. The van der Waals surface area contributed by atoms with Crippen molar-refractivity contribution in [3.05, 3.63) is 35.9 Å². The first-order valence-corrected chi connectivity index (χ1v) is 6.18. The first-order valence-electron chi connectivity index (χ1n) is 6.18. The van der Waals surface area contributed by atoms with Crippen LogP contribution >= 0.6 is 0 Å². The highest BCUT2D eigenvalue weighted by Crippen LogP contribution is 2.45. The summed E-state index contributed by atoms with van der Waals surface area (Å²) in [4.78, 5) is 12.1.